The Morgan fingerprint density at radius 3 is 2.63 bits per heavy atom. The number of piperidine rings is 1. The van der Waals surface area contributed by atoms with Gasteiger partial charge in [-0.25, -0.2) is 4.79 Å². The third-order valence-corrected chi connectivity index (χ3v) is 3.65. The standard InChI is InChI=1S/C14H19NO4/c1-8-4-5-15(11(6-8)14(17)18)13(16)12-9(2)7-10(3)19-12/h7-8,11H,4-6H2,1-3H3,(H,17,18). The number of hydrogen-bond donors (Lipinski definition) is 1. The Hall–Kier alpha value is -1.78. The van der Waals surface area contributed by atoms with Crippen LogP contribution in [0.5, 0.6) is 0 Å². The fourth-order valence-corrected chi connectivity index (χ4v) is 2.60. The number of rotatable bonds is 2. The van der Waals surface area contributed by atoms with Crippen molar-refractivity contribution >= 4 is 11.9 Å². The van der Waals surface area contributed by atoms with Crippen LogP contribution >= 0.6 is 0 Å². The number of aliphatic carboxylic acids is 1. The minimum Gasteiger partial charge on any atom is -0.480 e. The molecular weight excluding hydrogens is 246 g/mol. The van der Waals surface area contributed by atoms with Gasteiger partial charge >= 0.3 is 5.97 Å². The highest BCUT2D eigenvalue weighted by Crippen LogP contribution is 2.26. The molecule has 1 aliphatic heterocycles. The van der Waals surface area contributed by atoms with E-state index in [0.717, 1.165) is 12.0 Å². The van der Waals surface area contributed by atoms with Gasteiger partial charge in [0.05, 0.1) is 0 Å². The van der Waals surface area contributed by atoms with Gasteiger partial charge < -0.3 is 14.4 Å². The lowest BCUT2D eigenvalue weighted by atomic mass is 9.92. The van der Waals surface area contributed by atoms with Crippen molar-refractivity contribution in [3.8, 4) is 0 Å². The topological polar surface area (TPSA) is 70.8 Å². The monoisotopic (exact) mass is 265 g/mol. The van der Waals surface area contributed by atoms with Crippen molar-refractivity contribution in [1.29, 1.82) is 0 Å². The Balaban J connectivity index is 2.26. The highest BCUT2D eigenvalue weighted by molar-refractivity contribution is 5.95. The highest BCUT2D eigenvalue weighted by atomic mass is 16.4. The molecule has 1 N–H and O–H groups in total. The first-order valence-corrected chi connectivity index (χ1v) is 6.51. The van der Waals surface area contributed by atoms with Crippen LogP contribution in [0.1, 0.15) is 41.6 Å². The molecule has 0 aromatic carbocycles. The molecule has 5 nitrogen and oxygen atoms in total. The maximum absolute atomic E-state index is 12.4. The van der Waals surface area contributed by atoms with Crippen LogP contribution in [-0.4, -0.2) is 34.5 Å². The number of hydrogen-bond acceptors (Lipinski definition) is 3. The van der Waals surface area contributed by atoms with Gasteiger partial charge in [0.25, 0.3) is 5.91 Å². The SMILES string of the molecule is Cc1cc(C)c(C(=O)N2CCC(C)CC2C(=O)O)o1. The van der Waals surface area contributed by atoms with Gasteiger partial charge in [0.1, 0.15) is 11.8 Å². The number of carboxylic acids is 1. The largest absolute Gasteiger partial charge is 0.480 e. The summed E-state index contributed by atoms with van der Waals surface area (Å²) in [7, 11) is 0. The first-order chi connectivity index (χ1) is 8.90. The van der Waals surface area contributed by atoms with Crippen molar-refractivity contribution in [2.75, 3.05) is 6.54 Å². The van der Waals surface area contributed by atoms with E-state index in [0.29, 0.717) is 24.6 Å². The molecular formula is C14H19NO4. The number of aryl methyl sites for hydroxylation is 2. The second-order valence-electron chi connectivity index (χ2n) is 5.35. The molecule has 19 heavy (non-hydrogen) atoms. The number of carboxylic acid groups (broad SMARTS) is 1. The van der Waals surface area contributed by atoms with Crippen LogP contribution in [0.25, 0.3) is 0 Å². The molecule has 104 valence electrons. The maximum Gasteiger partial charge on any atom is 0.326 e. The molecule has 1 aliphatic rings. The maximum atomic E-state index is 12.4. The highest BCUT2D eigenvalue weighted by Gasteiger charge is 2.36. The lowest BCUT2D eigenvalue weighted by molar-refractivity contribution is -0.144. The van der Waals surface area contributed by atoms with Crippen molar-refractivity contribution in [3.05, 3.63) is 23.2 Å². The van der Waals surface area contributed by atoms with E-state index in [2.05, 4.69) is 0 Å². The third kappa shape index (κ3) is 2.64. The summed E-state index contributed by atoms with van der Waals surface area (Å²) in [6.07, 6.45) is 1.33. The number of carbonyl (C=O) groups excluding carboxylic acids is 1. The van der Waals surface area contributed by atoms with Gasteiger partial charge in [0, 0.05) is 12.1 Å². The molecule has 1 aromatic heterocycles. The van der Waals surface area contributed by atoms with E-state index in [1.807, 2.05) is 6.92 Å². The fourth-order valence-electron chi connectivity index (χ4n) is 2.60. The first kappa shape index (κ1) is 13.6. The third-order valence-electron chi connectivity index (χ3n) is 3.65. The molecule has 5 heteroatoms. The molecule has 1 fully saturated rings. The smallest absolute Gasteiger partial charge is 0.326 e. The number of nitrogens with zero attached hydrogens (tertiary/aromatic N) is 1. The summed E-state index contributed by atoms with van der Waals surface area (Å²) >= 11 is 0. The minimum absolute atomic E-state index is 0.262. The van der Waals surface area contributed by atoms with Gasteiger partial charge in [0.15, 0.2) is 5.76 Å². The zero-order valence-electron chi connectivity index (χ0n) is 11.5. The fraction of sp³-hybridized carbons (Fsp3) is 0.571. The van der Waals surface area contributed by atoms with E-state index in [4.69, 9.17) is 4.42 Å². The van der Waals surface area contributed by atoms with Crippen molar-refractivity contribution in [3.63, 3.8) is 0 Å². The van der Waals surface area contributed by atoms with Crippen molar-refractivity contribution in [2.24, 2.45) is 5.92 Å². The Morgan fingerprint density at radius 1 is 1.42 bits per heavy atom. The molecule has 2 atom stereocenters. The lowest BCUT2D eigenvalue weighted by Crippen LogP contribution is -2.49. The molecule has 0 aliphatic carbocycles. The Labute approximate surface area is 112 Å². The second-order valence-corrected chi connectivity index (χ2v) is 5.35. The Morgan fingerprint density at radius 2 is 2.11 bits per heavy atom. The first-order valence-electron chi connectivity index (χ1n) is 6.51. The molecule has 0 radical (unpaired) electrons. The van der Waals surface area contributed by atoms with Gasteiger partial charge in [0.2, 0.25) is 0 Å². The Bertz CT molecular complexity index is 506. The van der Waals surface area contributed by atoms with Crippen LogP contribution in [-0.2, 0) is 4.79 Å². The predicted molar refractivity (Wildman–Crippen MR) is 69.0 cm³/mol. The van der Waals surface area contributed by atoms with E-state index in [-0.39, 0.29) is 11.7 Å². The summed E-state index contributed by atoms with van der Waals surface area (Å²) in [6, 6.07) is 1.04. The quantitative estimate of drug-likeness (QED) is 0.890. The molecule has 0 saturated carbocycles. The average molecular weight is 265 g/mol. The van der Waals surface area contributed by atoms with E-state index < -0.39 is 12.0 Å². The van der Waals surface area contributed by atoms with Crippen LogP contribution in [0, 0.1) is 19.8 Å². The molecule has 1 saturated heterocycles. The van der Waals surface area contributed by atoms with Crippen LogP contribution in [0.15, 0.2) is 10.5 Å². The van der Waals surface area contributed by atoms with Gasteiger partial charge in [-0.05, 0) is 38.7 Å². The zero-order valence-corrected chi connectivity index (χ0v) is 11.5. The zero-order chi connectivity index (χ0) is 14.2. The summed E-state index contributed by atoms with van der Waals surface area (Å²) in [4.78, 5) is 25.2. The van der Waals surface area contributed by atoms with Crippen molar-refractivity contribution in [2.45, 2.75) is 39.7 Å². The number of likely N-dealkylation sites (tertiary alicyclic amines) is 1. The van der Waals surface area contributed by atoms with Crippen LogP contribution < -0.4 is 0 Å². The van der Waals surface area contributed by atoms with Crippen molar-refractivity contribution < 1.29 is 19.1 Å². The van der Waals surface area contributed by atoms with Gasteiger partial charge in [-0.2, -0.15) is 0 Å². The number of amides is 1. The van der Waals surface area contributed by atoms with E-state index in [1.54, 1.807) is 19.9 Å². The van der Waals surface area contributed by atoms with Crippen LogP contribution in [0.4, 0.5) is 0 Å². The summed E-state index contributed by atoms with van der Waals surface area (Å²) in [5, 5.41) is 9.27. The molecule has 0 bridgehead atoms. The molecule has 0 spiro atoms. The lowest BCUT2D eigenvalue weighted by Gasteiger charge is -2.35. The summed E-state index contributed by atoms with van der Waals surface area (Å²) in [6.45, 7) is 6.05. The normalized spacial score (nSPS) is 23.4. The average Bonchev–Trinajstić information content (AvgIpc) is 2.67. The van der Waals surface area contributed by atoms with Gasteiger partial charge in [-0.15, -0.1) is 0 Å². The van der Waals surface area contributed by atoms with Crippen molar-refractivity contribution in [1.82, 2.24) is 4.90 Å². The second kappa shape index (κ2) is 5.07. The Kier molecular flexibility index (Phi) is 3.64. The number of furan rings is 1. The molecule has 2 rings (SSSR count). The molecule has 1 amide bonds. The predicted octanol–water partition coefficient (Wildman–Crippen LogP) is 2.22. The van der Waals surface area contributed by atoms with Gasteiger partial charge in [-0.1, -0.05) is 6.92 Å². The van der Waals surface area contributed by atoms with E-state index in [9.17, 15) is 14.7 Å². The molecule has 1 aromatic rings. The molecule has 2 unspecified atom stereocenters. The summed E-state index contributed by atoms with van der Waals surface area (Å²) < 4.78 is 5.40. The number of carbonyl (C=O) groups is 2. The minimum atomic E-state index is -0.944. The van der Waals surface area contributed by atoms with E-state index >= 15 is 0 Å². The summed E-state index contributed by atoms with van der Waals surface area (Å²) in [5.41, 5.74) is 0.755. The summed E-state index contributed by atoms with van der Waals surface area (Å²) in [5.74, 6) is -0.00767. The molecule has 2 heterocycles. The van der Waals surface area contributed by atoms with Crippen LogP contribution in [0.2, 0.25) is 0 Å². The van der Waals surface area contributed by atoms with Gasteiger partial charge in [-0.3, -0.25) is 4.79 Å². The van der Waals surface area contributed by atoms with E-state index in [1.165, 1.54) is 4.90 Å². The van der Waals surface area contributed by atoms with Crippen LogP contribution in [0.3, 0.4) is 0 Å².